The lowest BCUT2D eigenvalue weighted by Gasteiger charge is -2.30. The van der Waals surface area contributed by atoms with E-state index in [9.17, 15) is 24.0 Å². The lowest BCUT2D eigenvalue weighted by molar-refractivity contribution is -0.150. The molecule has 0 unspecified atom stereocenters. The van der Waals surface area contributed by atoms with E-state index in [1.807, 2.05) is 36.4 Å². The van der Waals surface area contributed by atoms with Crippen LogP contribution in [0.4, 0.5) is 9.59 Å². The number of rotatable bonds is 4. The third kappa shape index (κ3) is 7.64. The first-order valence-corrected chi connectivity index (χ1v) is 16.4. The predicted octanol–water partition coefficient (Wildman–Crippen LogP) is 3.96. The summed E-state index contributed by atoms with van der Waals surface area (Å²) < 4.78 is 16.7. The maximum atomic E-state index is 14.2. The Morgan fingerprint density at radius 2 is 1.78 bits per heavy atom. The molecule has 2 fully saturated rings. The van der Waals surface area contributed by atoms with Gasteiger partial charge in [0, 0.05) is 25.4 Å². The molecule has 1 saturated heterocycles. The van der Waals surface area contributed by atoms with Gasteiger partial charge < -0.3 is 29.7 Å². The number of alkyl carbamates (subject to hydrolysis) is 1. The standard InChI is InChI=1S/C34H46N4O8/c1-5-44-30(41)34-18-24(34)15-9-7-6-8-10-16-26(35-31(42)46-33(2,3)4)29(40)38-21-25(17-27(38)28(39)36-34)45-32(43)37-19-22-13-11-12-14-23(22)20-37/h9,11-15,24-27H,5-8,10,16-21H2,1-4H3,(H,35,42)(H,36,39)/b15-9+/t24-,25-,26+,27+,34-/m1/s1. The Kier molecular flexibility index (Phi) is 9.93. The zero-order chi connectivity index (χ0) is 33.1. The number of hydrogen-bond acceptors (Lipinski definition) is 8. The molecule has 1 saturated carbocycles. The van der Waals surface area contributed by atoms with Crippen molar-refractivity contribution in [3.8, 4) is 0 Å². The summed E-state index contributed by atoms with van der Waals surface area (Å²) in [5.41, 5.74) is 0.0948. The minimum atomic E-state index is -1.22. The van der Waals surface area contributed by atoms with Crippen LogP contribution >= 0.6 is 0 Å². The van der Waals surface area contributed by atoms with Crippen LogP contribution in [0.15, 0.2) is 36.4 Å². The number of ether oxygens (including phenoxy) is 3. The largest absolute Gasteiger partial charge is 0.464 e. The minimum Gasteiger partial charge on any atom is -0.464 e. The molecular weight excluding hydrogens is 592 g/mol. The number of amides is 4. The number of nitrogens with one attached hydrogen (secondary N) is 2. The third-order valence-corrected chi connectivity index (χ3v) is 8.94. The van der Waals surface area contributed by atoms with Crippen molar-refractivity contribution in [2.24, 2.45) is 5.92 Å². The number of fused-ring (bicyclic) bond motifs is 3. The van der Waals surface area contributed by atoms with E-state index in [1.165, 1.54) is 4.90 Å². The number of benzene rings is 1. The Labute approximate surface area is 270 Å². The molecule has 3 heterocycles. The second kappa shape index (κ2) is 13.7. The summed E-state index contributed by atoms with van der Waals surface area (Å²) in [6, 6.07) is 5.79. The highest BCUT2D eigenvalue weighted by atomic mass is 16.6. The van der Waals surface area contributed by atoms with E-state index in [4.69, 9.17) is 14.2 Å². The van der Waals surface area contributed by atoms with Crippen LogP contribution in [0.2, 0.25) is 0 Å². The van der Waals surface area contributed by atoms with Crippen molar-refractivity contribution in [3.05, 3.63) is 47.5 Å². The first-order chi connectivity index (χ1) is 21.9. The summed E-state index contributed by atoms with van der Waals surface area (Å²) in [7, 11) is 0. The maximum Gasteiger partial charge on any atom is 0.410 e. The minimum absolute atomic E-state index is 0.0360. The van der Waals surface area contributed by atoms with Gasteiger partial charge in [-0.05, 0) is 64.5 Å². The van der Waals surface area contributed by atoms with Gasteiger partial charge in [-0.3, -0.25) is 14.5 Å². The molecular formula is C34H46N4O8. The quantitative estimate of drug-likeness (QED) is 0.287. The molecule has 5 rings (SSSR count). The van der Waals surface area contributed by atoms with E-state index in [0.717, 1.165) is 30.4 Å². The fourth-order valence-electron chi connectivity index (χ4n) is 6.52. The zero-order valence-electron chi connectivity index (χ0n) is 27.2. The highest BCUT2D eigenvalue weighted by Crippen LogP contribution is 2.46. The van der Waals surface area contributed by atoms with Crippen molar-refractivity contribution in [3.63, 3.8) is 0 Å². The van der Waals surface area contributed by atoms with Crippen LogP contribution in [0.5, 0.6) is 0 Å². The van der Waals surface area contributed by atoms with E-state index in [2.05, 4.69) is 10.6 Å². The highest BCUT2D eigenvalue weighted by molar-refractivity contribution is 5.96. The number of nitrogens with zero attached hydrogens (tertiary/aromatic N) is 2. The van der Waals surface area contributed by atoms with Gasteiger partial charge in [-0.15, -0.1) is 0 Å². The van der Waals surface area contributed by atoms with E-state index >= 15 is 0 Å². The molecule has 46 heavy (non-hydrogen) atoms. The van der Waals surface area contributed by atoms with E-state index in [1.54, 1.807) is 32.6 Å². The van der Waals surface area contributed by atoms with Crippen LogP contribution in [-0.2, 0) is 41.7 Å². The molecule has 1 aliphatic carbocycles. The number of hydrogen-bond donors (Lipinski definition) is 2. The van der Waals surface area contributed by atoms with Crippen molar-refractivity contribution < 1.29 is 38.2 Å². The fraction of sp³-hybridized carbons (Fsp3) is 0.618. The number of carbonyl (C=O) groups excluding carboxylic acids is 5. The Bertz CT molecular complexity index is 1350. The summed E-state index contributed by atoms with van der Waals surface area (Å²) in [6.07, 6.45) is 5.85. The topological polar surface area (TPSA) is 144 Å². The van der Waals surface area contributed by atoms with Gasteiger partial charge in [0.05, 0.1) is 13.2 Å². The van der Waals surface area contributed by atoms with Crippen LogP contribution in [0.3, 0.4) is 0 Å². The second-order valence-electron chi connectivity index (χ2n) is 13.6. The van der Waals surface area contributed by atoms with Crippen molar-refractivity contribution in [2.75, 3.05) is 13.2 Å². The van der Waals surface area contributed by atoms with Crippen LogP contribution in [0, 0.1) is 5.92 Å². The van der Waals surface area contributed by atoms with Gasteiger partial charge in [-0.1, -0.05) is 49.3 Å². The fourth-order valence-corrected chi connectivity index (χ4v) is 6.52. The lowest BCUT2D eigenvalue weighted by atomic mass is 10.0. The molecule has 4 aliphatic rings. The van der Waals surface area contributed by atoms with Gasteiger partial charge in [-0.25, -0.2) is 14.4 Å². The Morgan fingerprint density at radius 3 is 2.46 bits per heavy atom. The Morgan fingerprint density at radius 1 is 1.07 bits per heavy atom. The van der Waals surface area contributed by atoms with Crippen molar-refractivity contribution in [1.82, 2.24) is 20.4 Å². The molecule has 1 aromatic rings. The maximum absolute atomic E-state index is 14.2. The smallest absolute Gasteiger partial charge is 0.410 e. The Hall–Kier alpha value is -4.09. The molecule has 5 atom stereocenters. The molecule has 250 valence electrons. The van der Waals surface area contributed by atoms with Crippen molar-refractivity contribution in [1.29, 1.82) is 0 Å². The van der Waals surface area contributed by atoms with E-state index in [-0.39, 0.29) is 25.5 Å². The van der Waals surface area contributed by atoms with E-state index in [0.29, 0.717) is 32.4 Å². The van der Waals surface area contributed by atoms with Crippen molar-refractivity contribution >= 4 is 30.0 Å². The van der Waals surface area contributed by atoms with Crippen LogP contribution < -0.4 is 10.6 Å². The van der Waals surface area contributed by atoms with Crippen LogP contribution in [0.25, 0.3) is 0 Å². The average Bonchev–Trinajstić information content (AvgIpc) is 3.31. The SMILES string of the molecule is CCOC(=O)[C@@]12C[C@H]1/C=C/CCCCC[C@H](NC(=O)OC(C)(C)C)C(=O)N1C[C@H](OC(=O)N3Cc4ccccc4C3)C[C@H]1C(=O)N2. The monoisotopic (exact) mass is 638 g/mol. The molecule has 2 N–H and O–H groups in total. The first-order valence-electron chi connectivity index (χ1n) is 16.4. The van der Waals surface area contributed by atoms with E-state index < -0.39 is 59.3 Å². The molecule has 0 radical (unpaired) electrons. The summed E-state index contributed by atoms with van der Waals surface area (Å²) in [6.45, 7) is 7.87. The first kappa shape index (κ1) is 33.3. The van der Waals surface area contributed by atoms with Gasteiger partial charge in [0.1, 0.15) is 29.3 Å². The molecule has 0 aromatic heterocycles. The van der Waals surface area contributed by atoms with Gasteiger partial charge in [0.2, 0.25) is 11.8 Å². The predicted molar refractivity (Wildman–Crippen MR) is 167 cm³/mol. The lowest BCUT2D eigenvalue weighted by Crippen LogP contribution is -2.56. The Balaban J connectivity index is 1.38. The second-order valence-corrected chi connectivity index (χ2v) is 13.6. The van der Waals surface area contributed by atoms with Gasteiger partial charge in [-0.2, -0.15) is 0 Å². The number of carbonyl (C=O) groups is 5. The van der Waals surface area contributed by atoms with Gasteiger partial charge in [0.25, 0.3) is 0 Å². The molecule has 1 aromatic carbocycles. The normalized spacial score (nSPS) is 28.8. The summed E-state index contributed by atoms with van der Waals surface area (Å²) in [5.74, 6) is -1.74. The van der Waals surface area contributed by atoms with Gasteiger partial charge in [0.15, 0.2) is 0 Å². The molecule has 0 spiro atoms. The summed E-state index contributed by atoms with van der Waals surface area (Å²) in [4.78, 5) is 70.3. The van der Waals surface area contributed by atoms with Crippen molar-refractivity contribution in [2.45, 2.75) is 115 Å². The molecule has 0 bridgehead atoms. The third-order valence-electron chi connectivity index (χ3n) is 8.94. The molecule has 12 heteroatoms. The molecule has 12 nitrogen and oxygen atoms in total. The van der Waals surface area contributed by atoms with Gasteiger partial charge >= 0.3 is 18.2 Å². The highest BCUT2D eigenvalue weighted by Gasteiger charge is 2.62. The van der Waals surface area contributed by atoms with Crippen LogP contribution in [-0.4, -0.2) is 82.2 Å². The summed E-state index contributed by atoms with van der Waals surface area (Å²) >= 11 is 0. The number of allylic oxidation sites excluding steroid dienone is 1. The molecule has 3 aliphatic heterocycles. The zero-order valence-corrected chi connectivity index (χ0v) is 27.2. The average molecular weight is 639 g/mol. The summed E-state index contributed by atoms with van der Waals surface area (Å²) in [5, 5.41) is 5.65. The molecule has 4 amide bonds. The number of esters is 1. The van der Waals surface area contributed by atoms with Crippen LogP contribution in [0.1, 0.15) is 83.8 Å².